The van der Waals surface area contributed by atoms with Crippen LogP contribution in [0.3, 0.4) is 0 Å². The highest BCUT2D eigenvalue weighted by Crippen LogP contribution is 1.99. The predicted molar refractivity (Wildman–Crippen MR) is 50.3 cm³/mol. The van der Waals surface area contributed by atoms with Crippen LogP contribution in [0.25, 0.3) is 0 Å². The molecule has 0 aromatic heterocycles. The van der Waals surface area contributed by atoms with Crippen LogP contribution in [0.4, 0.5) is 0 Å². The minimum Gasteiger partial charge on any atom is -0.377 e. The second-order valence-corrected chi connectivity index (χ2v) is 3.11. The van der Waals surface area contributed by atoms with Gasteiger partial charge in [-0.05, 0) is 18.8 Å². The van der Waals surface area contributed by atoms with Crippen LogP contribution in [0.2, 0.25) is 0 Å². The Labute approximate surface area is 80.6 Å². The Morgan fingerprint density at radius 1 is 1.64 bits per heavy atom. The van der Waals surface area contributed by atoms with E-state index in [-0.39, 0.29) is 0 Å². The molecule has 0 unspecified atom stereocenters. The maximum absolute atomic E-state index is 10.8. The SMILES string of the molecule is CC(C)(N/C=C\C(=N)[N+](=O)[O-])C(N)=O. The molecule has 0 aromatic carbocycles. The Kier molecular flexibility index (Phi) is 3.76. The summed E-state index contributed by atoms with van der Waals surface area (Å²) in [5.74, 6) is -1.35. The average molecular weight is 200 g/mol. The zero-order valence-corrected chi connectivity index (χ0v) is 7.90. The van der Waals surface area contributed by atoms with Gasteiger partial charge in [0.25, 0.3) is 0 Å². The number of carbonyl (C=O) groups excluding carboxylic acids is 1. The van der Waals surface area contributed by atoms with E-state index in [1.54, 1.807) is 0 Å². The number of primary amides is 1. The van der Waals surface area contributed by atoms with Gasteiger partial charge in [0.1, 0.15) is 5.54 Å². The number of carbonyl (C=O) groups is 1. The molecule has 0 saturated carbocycles. The van der Waals surface area contributed by atoms with Crippen LogP contribution < -0.4 is 11.1 Å². The molecule has 1 amide bonds. The van der Waals surface area contributed by atoms with Gasteiger partial charge in [-0.15, -0.1) is 0 Å². The van der Waals surface area contributed by atoms with Gasteiger partial charge in [-0.25, -0.2) is 0 Å². The van der Waals surface area contributed by atoms with E-state index in [0.717, 1.165) is 12.3 Å². The Morgan fingerprint density at radius 2 is 2.14 bits per heavy atom. The number of amidine groups is 1. The highest BCUT2D eigenvalue weighted by Gasteiger charge is 2.22. The number of hydrogen-bond donors (Lipinski definition) is 3. The van der Waals surface area contributed by atoms with Crippen molar-refractivity contribution < 1.29 is 9.72 Å². The van der Waals surface area contributed by atoms with Crippen LogP contribution >= 0.6 is 0 Å². The molecule has 78 valence electrons. The molecule has 0 fully saturated rings. The summed E-state index contributed by atoms with van der Waals surface area (Å²) >= 11 is 0. The number of nitrogens with zero attached hydrogens (tertiary/aromatic N) is 1. The molecule has 0 radical (unpaired) electrons. The molecule has 14 heavy (non-hydrogen) atoms. The van der Waals surface area contributed by atoms with Gasteiger partial charge in [0.2, 0.25) is 5.91 Å². The van der Waals surface area contributed by atoms with Gasteiger partial charge in [0.15, 0.2) is 0 Å². The maximum atomic E-state index is 10.8. The third-order valence-corrected chi connectivity index (χ3v) is 1.50. The van der Waals surface area contributed by atoms with E-state index in [9.17, 15) is 14.9 Å². The second kappa shape index (κ2) is 4.35. The van der Waals surface area contributed by atoms with E-state index in [4.69, 9.17) is 11.1 Å². The Bertz CT molecular complexity index is 295. The van der Waals surface area contributed by atoms with E-state index in [1.807, 2.05) is 0 Å². The summed E-state index contributed by atoms with van der Waals surface area (Å²) in [6.45, 7) is 3.05. The number of hydrogen-bond acceptors (Lipinski definition) is 5. The minimum atomic E-state index is -0.993. The van der Waals surface area contributed by atoms with Gasteiger partial charge in [0.05, 0.1) is 6.08 Å². The molecule has 7 heteroatoms. The third kappa shape index (κ3) is 3.65. The summed E-state index contributed by atoms with van der Waals surface area (Å²) in [7, 11) is 0. The number of amides is 1. The summed E-state index contributed by atoms with van der Waals surface area (Å²) in [5.41, 5.74) is 4.03. The van der Waals surface area contributed by atoms with Gasteiger partial charge < -0.3 is 21.2 Å². The molecular weight excluding hydrogens is 188 g/mol. The number of nitro groups is 1. The molecular formula is C7H12N4O3. The molecule has 0 aliphatic rings. The summed E-state index contributed by atoms with van der Waals surface area (Å²) in [4.78, 5) is 19.9. The smallest absolute Gasteiger partial charge is 0.357 e. The van der Waals surface area contributed by atoms with E-state index in [2.05, 4.69) is 5.32 Å². The van der Waals surface area contributed by atoms with Crippen molar-refractivity contribution >= 4 is 11.7 Å². The molecule has 0 spiro atoms. The first-order chi connectivity index (χ1) is 6.27. The van der Waals surface area contributed by atoms with E-state index < -0.39 is 22.2 Å². The summed E-state index contributed by atoms with van der Waals surface area (Å²) in [6.07, 6.45) is 2.08. The normalized spacial score (nSPS) is 11.3. The highest BCUT2D eigenvalue weighted by molar-refractivity contribution is 5.85. The van der Waals surface area contributed by atoms with Crippen LogP contribution in [0.1, 0.15) is 13.8 Å². The van der Waals surface area contributed by atoms with Crippen LogP contribution in [0, 0.1) is 15.5 Å². The topological polar surface area (TPSA) is 122 Å². The Morgan fingerprint density at radius 3 is 2.50 bits per heavy atom. The minimum absolute atomic E-state index is 0.588. The molecule has 0 rings (SSSR count). The van der Waals surface area contributed by atoms with E-state index in [1.165, 1.54) is 13.8 Å². The summed E-state index contributed by atoms with van der Waals surface area (Å²) in [6, 6.07) is 0. The zero-order chi connectivity index (χ0) is 11.4. The molecule has 0 aliphatic heterocycles. The third-order valence-electron chi connectivity index (χ3n) is 1.50. The standard InChI is InChI=1S/C7H12N4O3/c1-7(2,6(9)12)10-4-3-5(8)11(13)14/h3-4,8,10H,1-2H3,(H2,9,12)/b4-3-,8-5?. The van der Waals surface area contributed by atoms with Crippen molar-refractivity contribution in [2.45, 2.75) is 19.4 Å². The molecule has 0 heterocycles. The first-order valence-corrected chi connectivity index (χ1v) is 3.74. The lowest BCUT2D eigenvalue weighted by molar-refractivity contribution is -0.349. The fourth-order valence-corrected chi connectivity index (χ4v) is 0.461. The van der Waals surface area contributed by atoms with Crippen molar-refractivity contribution in [2.75, 3.05) is 0 Å². The fourth-order valence-electron chi connectivity index (χ4n) is 0.461. The lowest BCUT2D eigenvalue weighted by atomic mass is 10.1. The van der Waals surface area contributed by atoms with Gasteiger partial charge in [-0.2, -0.15) is 0 Å². The van der Waals surface area contributed by atoms with Crippen LogP contribution in [-0.4, -0.2) is 22.2 Å². The molecule has 0 atom stereocenters. The van der Waals surface area contributed by atoms with Crippen molar-refractivity contribution in [3.8, 4) is 0 Å². The van der Waals surface area contributed by atoms with Crippen molar-refractivity contribution in [1.82, 2.24) is 5.32 Å². The molecule has 4 N–H and O–H groups in total. The van der Waals surface area contributed by atoms with Crippen molar-refractivity contribution in [3.05, 3.63) is 22.4 Å². The summed E-state index contributed by atoms with van der Waals surface area (Å²) < 4.78 is 0. The lowest BCUT2D eigenvalue weighted by Crippen LogP contribution is -2.48. The molecule has 0 aromatic rings. The molecule has 7 nitrogen and oxygen atoms in total. The van der Waals surface area contributed by atoms with Crippen molar-refractivity contribution in [3.63, 3.8) is 0 Å². The first kappa shape index (κ1) is 12.1. The largest absolute Gasteiger partial charge is 0.377 e. The maximum Gasteiger partial charge on any atom is 0.357 e. The predicted octanol–water partition coefficient (Wildman–Crippen LogP) is -0.392. The highest BCUT2D eigenvalue weighted by atomic mass is 16.6. The van der Waals surface area contributed by atoms with Crippen LogP contribution in [0.5, 0.6) is 0 Å². The second-order valence-electron chi connectivity index (χ2n) is 3.11. The van der Waals surface area contributed by atoms with Gasteiger partial charge in [-0.1, -0.05) is 5.41 Å². The molecule has 0 saturated heterocycles. The monoisotopic (exact) mass is 200 g/mol. The fraction of sp³-hybridized carbons (Fsp3) is 0.429. The van der Waals surface area contributed by atoms with E-state index in [0.29, 0.717) is 0 Å². The average Bonchev–Trinajstić information content (AvgIpc) is 2.03. The van der Waals surface area contributed by atoms with Crippen LogP contribution in [-0.2, 0) is 4.79 Å². The Hall–Kier alpha value is -1.92. The van der Waals surface area contributed by atoms with Gasteiger partial charge in [-0.3, -0.25) is 4.79 Å². The van der Waals surface area contributed by atoms with Crippen molar-refractivity contribution in [2.24, 2.45) is 5.73 Å². The quantitative estimate of drug-likeness (QED) is 0.247. The number of nitrogens with one attached hydrogen (secondary N) is 2. The lowest BCUT2D eigenvalue weighted by Gasteiger charge is -2.20. The summed E-state index contributed by atoms with van der Waals surface area (Å²) in [5, 5.41) is 19.4. The first-order valence-electron chi connectivity index (χ1n) is 3.74. The van der Waals surface area contributed by atoms with Crippen molar-refractivity contribution in [1.29, 1.82) is 5.41 Å². The van der Waals surface area contributed by atoms with Gasteiger partial charge >= 0.3 is 5.84 Å². The van der Waals surface area contributed by atoms with Gasteiger partial charge in [0, 0.05) is 6.20 Å². The molecule has 0 bridgehead atoms. The zero-order valence-electron chi connectivity index (χ0n) is 7.90. The van der Waals surface area contributed by atoms with E-state index >= 15 is 0 Å². The number of rotatable bonds is 4. The number of nitrogens with two attached hydrogens (primary N) is 1. The van der Waals surface area contributed by atoms with Crippen LogP contribution in [0.15, 0.2) is 12.3 Å². The molecule has 0 aliphatic carbocycles. The Balaban J connectivity index is 4.25.